The Hall–Kier alpha value is -1.68. The smallest absolute Gasteiger partial charge is 0.0822 e. The normalized spacial score (nSPS) is 12.4. The average molecular weight is 273 g/mol. The molecule has 0 aliphatic rings. The van der Waals surface area contributed by atoms with Crippen LogP contribution in [0, 0.1) is 20.8 Å². The molecular weight excluding hydrogens is 254 g/mol. The molecule has 0 saturated carbocycles. The maximum Gasteiger partial charge on any atom is 0.0822 e. The molecule has 1 atom stereocenters. The Morgan fingerprint density at radius 2 is 1.89 bits per heavy atom. The first-order chi connectivity index (χ1) is 9.00. The second-order valence-corrected chi connectivity index (χ2v) is 5.31. The van der Waals surface area contributed by atoms with Gasteiger partial charge in [0.05, 0.1) is 23.1 Å². The summed E-state index contributed by atoms with van der Waals surface area (Å²) >= 11 is 5.22. The molecule has 2 rings (SSSR count). The van der Waals surface area contributed by atoms with Crippen molar-refractivity contribution in [2.75, 3.05) is 0 Å². The molecule has 0 saturated heterocycles. The molecule has 1 aromatic carbocycles. The summed E-state index contributed by atoms with van der Waals surface area (Å²) in [5.74, 6) is 0.0219. The van der Waals surface area contributed by atoms with Crippen molar-refractivity contribution in [3.05, 3.63) is 52.8 Å². The average Bonchev–Trinajstić information content (AvgIpc) is 2.64. The van der Waals surface area contributed by atoms with Crippen LogP contribution in [0.5, 0.6) is 0 Å². The second kappa shape index (κ2) is 5.53. The van der Waals surface area contributed by atoms with Crippen LogP contribution < -0.4 is 5.73 Å². The van der Waals surface area contributed by atoms with Crippen LogP contribution in [0.3, 0.4) is 0 Å². The van der Waals surface area contributed by atoms with Crippen LogP contribution >= 0.6 is 12.2 Å². The summed E-state index contributed by atoms with van der Waals surface area (Å²) in [7, 11) is 0. The van der Waals surface area contributed by atoms with Gasteiger partial charge in [-0.25, -0.2) is 0 Å². The third kappa shape index (κ3) is 2.84. The van der Waals surface area contributed by atoms with Gasteiger partial charge in [0.25, 0.3) is 0 Å². The predicted octanol–water partition coefficient (Wildman–Crippen LogP) is 2.88. The van der Waals surface area contributed by atoms with Gasteiger partial charge >= 0.3 is 0 Å². The highest BCUT2D eigenvalue weighted by molar-refractivity contribution is 7.80. The lowest BCUT2D eigenvalue weighted by Crippen LogP contribution is -2.24. The van der Waals surface area contributed by atoms with E-state index >= 15 is 0 Å². The van der Waals surface area contributed by atoms with Crippen molar-refractivity contribution in [2.45, 2.75) is 33.2 Å². The summed E-state index contributed by atoms with van der Waals surface area (Å²) in [6.07, 6.45) is 0. The summed E-state index contributed by atoms with van der Waals surface area (Å²) < 4.78 is 2.00. The molecule has 0 spiro atoms. The number of aromatic nitrogens is 2. The topological polar surface area (TPSA) is 43.8 Å². The lowest BCUT2D eigenvalue weighted by atomic mass is 9.99. The maximum atomic E-state index is 5.90. The Labute approximate surface area is 119 Å². The van der Waals surface area contributed by atoms with Gasteiger partial charge in [-0.3, -0.25) is 4.68 Å². The molecule has 19 heavy (non-hydrogen) atoms. The van der Waals surface area contributed by atoms with Crippen LogP contribution in [-0.2, 0) is 6.54 Å². The van der Waals surface area contributed by atoms with Crippen LogP contribution in [-0.4, -0.2) is 14.8 Å². The molecule has 0 amide bonds. The lowest BCUT2D eigenvalue weighted by molar-refractivity contribution is 0.571. The number of hydrogen-bond donors (Lipinski definition) is 1. The van der Waals surface area contributed by atoms with E-state index in [0.717, 1.165) is 11.3 Å². The van der Waals surface area contributed by atoms with Gasteiger partial charge in [-0.15, -0.1) is 0 Å². The van der Waals surface area contributed by atoms with E-state index in [-0.39, 0.29) is 5.92 Å². The fourth-order valence-electron chi connectivity index (χ4n) is 2.18. The number of rotatable bonds is 4. The summed E-state index contributed by atoms with van der Waals surface area (Å²) in [5.41, 5.74) is 10.5. The van der Waals surface area contributed by atoms with Crippen molar-refractivity contribution in [2.24, 2.45) is 5.73 Å². The first-order valence-electron chi connectivity index (χ1n) is 6.35. The van der Waals surface area contributed by atoms with Crippen molar-refractivity contribution in [1.82, 2.24) is 9.78 Å². The molecule has 2 N–H and O–H groups in total. The zero-order valence-electron chi connectivity index (χ0n) is 11.6. The van der Waals surface area contributed by atoms with Gasteiger partial charge in [-0.05, 0) is 31.9 Å². The molecule has 1 heterocycles. The quantitative estimate of drug-likeness (QED) is 0.871. The number of hydrogen-bond acceptors (Lipinski definition) is 2. The largest absolute Gasteiger partial charge is 0.393 e. The van der Waals surface area contributed by atoms with Crippen LogP contribution in [0.1, 0.15) is 28.4 Å². The van der Waals surface area contributed by atoms with E-state index in [9.17, 15) is 0 Å². The molecule has 0 fully saturated rings. The minimum Gasteiger partial charge on any atom is -0.393 e. The van der Waals surface area contributed by atoms with Crippen molar-refractivity contribution < 1.29 is 0 Å². The van der Waals surface area contributed by atoms with Gasteiger partial charge in [0.15, 0.2) is 0 Å². The van der Waals surface area contributed by atoms with Crippen molar-refractivity contribution in [3.8, 4) is 0 Å². The Morgan fingerprint density at radius 1 is 1.26 bits per heavy atom. The van der Waals surface area contributed by atoms with Crippen molar-refractivity contribution >= 4 is 17.2 Å². The van der Waals surface area contributed by atoms with E-state index in [4.69, 9.17) is 18.0 Å². The third-order valence-corrected chi connectivity index (χ3v) is 3.93. The molecule has 0 aliphatic heterocycles. The van der Waals surface area contributed by atoms with Gasteiger partial charge in [0.2, 0.25) is 0 Å². The van der Waals surface area contributed by atoms with Crippen LogP contribution in [0.4, 0.5) is 0 Å². The standard InChI is InChI=1S/C15H19N3S/c1-10-11(2)17-18(12(10)3)9-14(15(16)19)13-7-5-4-6-8-13/h4-8,14H,9H2,1-3H3,(H2,16,19). The minimum atomic E-state index is 0.0219. The Bertz CT molecular complexity index is 587. The van der Waals surface area contributed by atoms with E-state index in [0.29, 0.717) is 11.5 Å². The number of aryl methyl sites for hydroxylation is 1. The maximum absolute atomic E-state index is 5.90. The monoisotopic (exact) mass is 273 g/mol. The van der Waals surface area contributed by atoms with Gasteiger partial charge in [0, 0.05) is 5.69 Å². The Morgan fingerprint density at radius 3 is 2.37 bits per heavy atom. The van der Waals surface area contributed by atoms with Crippen LogP contribution in [0.25, 0.3) is 0 Å². The van der Waals surface area contributed by atoms with Gasteiger partial charge in [-0.2, -0.15) is 5.10 Å². The predicted molar refractivity (Wildman–Crippen MR) is 82.4 cm³/mol. The van der Waals surface area contributed by atoms with E-state index in [2.05, 4.69) is 31.1 Å². The van der Waals surface area contributed by atoms with Crippen LogP contribution in [0.15, 0.2) is 30.3 Å². The number of benzene rings is 1. The Balaban J connectivity index is 2.32. The molecule has 2 aromatic rings. The molecule has 0 aliphatic carbocycles. The van der Waals surface area contributed by atoms with E-state index in [1.165, 1.54) is 11.3 Å². The first kappa shape index (κ1) is 13.7. The van der Waals surface area contributed by atoms with E-state index in [1.807, 2.05) is 29.8 Å². The summed E-state index contributed by atoms with van der Waals surface area (Å²) in [6, 6.07) is 10.1. The lowest BCUT2D eigenvalue weighted by Gasteiger charge is -2.17. The van der Waals surface area contributed by atoms with Gasteiger partial charge in [0.1, 0.15) is 0 Å². The molecule has 100 valence electrons. The second-order valence-electron chi connectivity index (χ2n) is 4.84. The summed E-state index contributed by atoms with van der Waals surface area (Å²) in [4.78, 5) is 0.511. The number of thiocarbonyl (C=S) groups is 1. The fraction of sp³-hybridized carbons (Fsp3) is 0.333. The van der Waals surface area contributed by atoms with Gasteiger partial charge < -0.3 is 5.73 Å². The number of nitrogens with two attached hydrogens (primary N) is 1. The number of nitrogens with zero attached hydrogens (tertiary/aromatic N) is 2. The van der Waals surface area contributed by atoms with Crippen molar-refractivity contribution in [1.29, 1.82) is 0 Å². The third-order valence-electron chi connectivity index (χ3n) is 3.64. The molecular formula is C15H19N3S. The highest BCUT2D eigenvalue weighted by Crippen LogP contribution is 2.20. The SMILES string of the molecule is Cc1nn(CC(C(N)=S)c2ccccc2)c(C)c1C. The highest BCUT2D eigenvalue weighted by Gasteiger charge is 2.18. The summed E-state index contributed by atoms with van der Waals surface area (Å²) in [5, 5.41) is 4.56. The van der Waals surface area contributed by atoms with Gasteiger partial charge in [-0.1, -0.05) is 42.5 Å². The molecule has 0 radical (unpaired) electrons. The first-order valence-corrected chi connectivity index (χ1v) is 6.76. The fourth-order valence-corrected chi connectivity index (χ4v) is 2.39. The minimum absolute atomic E-state index is 0.0219. The summed E-state index contributed by atoms with van der Waals surface area (Å²) in [6.45, 7) is 6.89. The molecule has 3 nitrogen and oxygen atoms in total. The molecule has 0 bridgehead atoms. The molecule has 1 unspecified atom stereocenters. The van der Waals surface area contributed by atoms with Crippen molar-refractivity contribution in [3.63, 3.8) is 0 Å². The molecule has 4 heteroatoms. The molecule has 1 aromatic heterocycles. The highest BCUT2D eigenvalue weighted by atomic mass is 32.1. The zero-order chi connectivity index (χ0) is 14.0. The van der Waals surface area contributed by atoms with Crippen LogP contribution in [0.2, 0.25) is 0 Å². The van der Waals surface area contributed by atoms with E-state index < -0.39 is 0 Å². The Kier molecular flexibility index (Phi) is 4.00. The zero-order valence-corrected chi connectivity index (χ0v) is 12.4. The van der Waals surface area contributed by atoms with E-state index in [1.54, 1.807) is 0 Å².